The van der Waals surface area contributed by atoms with Gasteiger partial charge in [-0.3, -0.25) is 5.41 Å². The second-order valence-corrected chi connectivity index (χ2v) is 5.13. The Labute approximate surface area is 118 Å². The normalized spacial score (nSPS) is 19.3. The Morgan fingerprint density at radius 3 is 2.95 bits per heavy atom. The molecule has 0 radical (unpaired) electrons. The van der Waals surface area contributed by atoms with E-state index >= 15 is 0 Å². The molecule has 1 aromatic carbocycles. The smallest absolute Gasteiger partial charge is 0.122 e. The monoisotopic (exact) mass is 282 g/mol. The maximum Gasteiger partial charge on any atom is 0.122 e. The average molecular weight is 283 g/mol. The molecule has 4 nitrogen and oxygen atoms in total. The maximum absolute atomic E-state index is 7.35. The Morgan fingerprint density at radius 1 is 1.47 bits per heavy atom. The van der Waals surface area contributed by atoms with Crippen molar-refractivity contribution >= 4 is 17.4 Å². The summed E-state index contributed by atoms with van der Waals surface area (Å²) < 4.78 is 11.2. The largest absolute Gasteiger partial charge is 0.384 e. The highest BCUT2D eigenvalue weighted by atomic mass is 35.5. The van der Waals surface area contributed by atoms with Crippen LogP contribution in [0.15, 0.2) is 18.2 Å². The Balaban J connectivity index is 1.83. The van der Waals surface area contributed by atoms with E-state index in [0.717, 1.165) is 25.0 Å². The van der Waals surface area contributed by atoms with Gasteiger partial charge in [-0.15, -0.1) is 0 Å². The summed E-state index contributed by atoms with van der Waals surface area (Å²) in [5, 5.41) is 7.93. The molecule has 1 atom stereocenters. The van der Waals surface area contributed by atoms with E-state index in [1.54, 1.807) is 12.1 Å². The van der Waals surface area contributed by atoms with Crippen molar-refractivity contribution in [1.82, 2.24) is 0 Å². The minimum atomic E-state index is 0.0185. The van der Waals surface area contributed by atoms with E-state index in [-0.39, 0.29) is 11.9 Å². The van der Waals surface area contributed by atoms with Crippen LogP contribution in [-0.4, -0.2) is 25.2 Å². The molecule has 1 fully saturated rings. The van der Waals surface area contributed by atoms with E-state index < -0.39 is 0 Å². The highest BCUT2D eigenvalue weighted by Gasteiger charge is 2.14. The number of amidine groups is 1. The van der Waals surface area contributed by atoms with Crippen molar-refractivity contribution in [2.75, 3.05) is 13.2 Å². The summed E-state index contributed by atoms with van der Waals surface area (Å²) in [5.74, 6) is 0.0185. The van der Waals surface area contributed by atoms with Crippen molar-refractivity contribution in [1.29, 1.82) is 5.41 Å². The first-order valence-corrected chi connectivity index (χ1v) is 6.87. The lowest BCUT2D eigenvalue weighted by molar-refractivity contribution is -0.0447. The van der Waals surface area contributed by atoms with Gasteiger partial charge in [-0.05, 0) is 30.9 Å². The molecule has 2 rings (SSSR count). The third-order valence-corrected chi connectivity index (χ3v) is 3.55. The van der Waals surface area contributed by atoms with Gasteiger partial charge in [-0.2, -0.15) is 0 Å². The molecule has 1 unspecified atom stereocenters. The molecule has 104 valence electrons. The van der Waals surface area contributed by atoms with E-state index in [4.69, 9.17) is 32.2 Å². The zero-order valence-corrected chi connectivity index (χ0v) is 11.6. The highest BCUT2D eigenvalue weighted by molar-refractivity contribution is 6.31. The van der Waals surface area contributed by atoms with Gasteiger partial charge in [0.1, 0.15) is 5.84 Å². The summed E-state index contributed by atoms with van der Waals surface area (Å²) in [6, 6.07) is 5.32. The number of nitrogens with one attached hydrogen (secondary N) is 1. The molecule has 0 spiro atoms. The first-order chi connectivity index (χ1) is 9.16. The van der Waals surface area contributed by atoms with Crippen LogP contribution in [0.1, 0.15) is 30.4 Å². The van der Waals surface area contributed by atoms with Crippen LogP contribution < -0.4 is 5.73 Å². The van der Waals surface area contributed by atoms with Gasteiger partial charge in [0, 0.05) is 17.2 Å². The topological polar surface area (TPSA) is 68.3 Å². The molecule has 1 saturated heterocycles. The van der Waals surface area contributed by atoms with E-state index in [0.29, 0.717) is 23.8 Å². The molecule has 1 aliphatic rings. The fourth-order valence-corrected chi connectivity index (χ4v) is 2.31. The molecule has 1 heterocycles. The Bertz CT molecular complexity index is 445. The third-order valence-electron chi connectivity index (χ3n) is 3.20. The van der Waals surface area contributed by atoms with Crippen LogP contribution in [0, 0.1) is 5.41 Å². The first-order valence-electron chi connectivity index (χ1n) is 6.49. The summed E-state index contributed by atoms with van der Waals surface area (Å²) in [7, 11) is 0. The number of nitrogen functional groups attached to an aromatic ring is 1. The highest BCUT2D eigenvalue weighted by Crippen LogP contribution is 2.19. The van der Waals surface area contributed by atoms with Gasteiger partial charge in [0.25, 0.3) is 0 Å². The van der Waals surface area contributed by atoms with Crippen molar-refractivity contribution in [3.63, 3.8) is 0 Å². The van der Waals surface area contributed by atoms with E-state index in [1.807, 2.05) is 6.07 Å². The van der Waals surface area contributed by atoms with Crippen LogP contribution in [0.4, 0.5) is 0 Å². The predicted molar refractivity (Wildman–Crippen MR) is 75.7 cm³/mol. The van der Waals surface area contributed by atoms with Crippen molar-refractivity contribution < 1.29 is 9.47 Å². The SMILES string of the molecule is N=C(N)c1ccc(COCC2CCCCO2)c(Cl)c1. The standard InChI is InChI=1S/C14H19ClN2O2/c15-13-7-10(14(16)17)4-5-11(13)8-18-9-12-3-1-2-6-19-12/h4-5,7,12H,1-3,6,8-9H2,(H3,16,17). The van der Waals surface area contributed by atoms with Gasteiger partial charge >= 0.3 is 0 Å². The number of ether oxygens (including phenoxy) is 2. The second kappa shape index (κ2) is 6.89. The minimum absolute atomic E-state index is 0.0185. The van der Waals surface area contributed by atoms with E-state index in [1.165, 1.54) is 6.42 Å². The molecule has 3 N–H and O–H groups in total. The number of hydrogen-bond donors (Lipinski definition) is 2. The molecular formula is C14H19ClN2O2. The zero-order valence-electron chi connectivity index (χ0n) is 10.8. The van der Waals surface area contributed by atoms with Crippen LogP contribution in [0.25, 0.3) is 0 Å². The molecule has 0 aliphatic carbocycles. The van der Waals surface area contributed by atoms with Gasteiger partial charge in [0.05, 0.1) is 19.3 Å². The molecule has 5 heteroatoms. The van der Waals surface area contributed by atoms with E-state index in [2.05, 4.69) is 0 Å². The minimum Gasteiger partial charge on any atom is -0.384 e. The van der Waals surface area contributed by atoms with Gasteiger partial charge in [0.2, 0.25) is 0 Å². The summed E-state index contributed by atoms with van der Waals surface area (Å²) >= 11 is 6.13. The van der Waals surface area contributed by atoms with Crippen molar-refractivity contribution in [2.45, 2.75) is 32.0 Å². The fourth-order valence-electron chi connectivity index (χ4n) is 2.07. The molecule has 0 aromatic heterocycles. The molecule has 0 bridgehead atoms. The number of rotatable bonds is 5. The van der Waals surface area contributed by atoms with Crippen LogP contribution >= 0.6 is 11.6 Å². The zero-order chi connectivity index (χ0) is 13.7. The van der Waals surface area contributed by atoms with Crippen LogP contribution in [0.5, 0.6) is 0 Å². The van der Waals surface area contributed by atoms with Gasteiger partial charge in [-0.1, -0.05) is 23.7 Å². The van der Waals surface area contributed by atoms with Crippen molar-refractivity contribution in [3.8, 4) is 0 Å². The molecule has 0 amide bonds. The molecule has 19 heavy (non-hydrogen) atoms. The summed E-state index contributed by atoms with van der Waals surface area (Å²) in [6.45, 7) is 1.89. The number of halogens is 1. The number of nitrogens with two attached hydrogens (primary N) is 1. The first kappa shape index (κ1) is 14.3. The molecular weight excluding hydrogens is 264 g/mol. The summed E-state index contributed by atoms with van der Waals surface area (Å²) in [5.41, 5.74) is 6.94. The third kappa shape index (κ3) is 4.20. The lowest BCUT2D eigenvalue weighted by Crippen LogP contribution is -2.24. The van der Waals surface area contributed by atoms with Crippen molar-refractivity contribution in [2.24, 2.45) is 5.73 Å². The Kier molecular flexibility index (Phi) is 5.19. The lowest BCUT2D eigenvalue weighted by atomic mass is 10.1. The Hall–Kier alpha value is -1.10. The Morgan fingerprint density at radius 2 is 2.32 bits per heavy atom. The van der Waals surface area contributed by atoms with Crippen LogP contribution in [0.2, 0.25) is 5.02 Å². The van der Waals surface area contributed by atoms with Gasteiger partial charge in [-0.25, -0.2) is 0 Å². The summed E-state index contributed by atoms with van der Waals surface area (Å²) in [4.78, 5) is 0. The molecule has 1 aromatic rings. The number of hydrogen-bond acceptors (Lipinski definition) is 3. The maximum atomic E-state index is 7.35. The average Bonchev–Trinajstić information content (AvgIpc) is 2.41. The fraction of sp³-hybridized carbons (Fsp3) is 0.500. The second-order valence-electron chi connectivity index (χ2n) is 4.72. The van der Waals surface area contributed by atoms with Crippen LogP contribution in [-0.2, 0) is 16.1 Å². The lowest BCUT2D eigenvalue weighted by Gasteiger charge is -2.22. The van der Waals surface area contributed by atoms with Gasteiger partial charge in [0.15, 0.2) is 0 Å². The number of benzene rings is 1. The molecule has 0 saturated carbocycles. The van der Waals surface area contributed by atoms with Crippen molar-refractivity contribution in [3.05, 3.63) is 34.3 Å². The predicted octanol–water partition coefficient (Wildman–Crippen LogP) is 2.71. The summed E-state index contributed by atoms with van der Waals surface area (Å²) in [6.07, 6.45) is 3.64. The quantitative estimate of drug-likeness (QED) is 0.644. The van der Waals surface area contributed by atoms with Gasteiger partial charge < -0.3 is 15.2 Å². The van der Waals surface area contributed by atoms with E-state index in [9.17, 15) is 0 Å². The van der Waals surface area contributed by atoms with Crippen LogP contribution in [0.3, 0.4) is 0 Å². The molecule has 1 aliphatic heterocycles.